The Morgan fingerprint density at radius 3 is 2.50 bits per heavy atom. The van der Waals surface area contributed by atoms with Gasteiger partial charge >= 0.3 is 6.03 Å². The smallest absolute Gasteiger partial charge is 0.319 e. The molecular weight excluding hydrogens is 366 g/mol. The molecule has 134 valence electrons. The maximum absolute atomic E-state index is 12.2. The summed E-state index contributed by atoms with van der Waals surface area (Å²) in [5.74, 6) is 0. The number of benzene rings is 2. The Balaban J connectivity index is 1.66. The SMILES string of the molecule is Cc1cc(C)cc(NC(=O)NCc2sc(-c3ccccc3Cl)nc2C)c1. The van der Waals surface area contributed by atoms with Gasteiger partial charge in [0, 0.05) is 16.1 Å². The minimum atomic E-state index is -0.234. The van der Waals surface area contributed by atoms with Crippen LogP contribution in [0.1, 0.15) is 21.7 Å². The highest BCUT2D eigenvalue weighted by Gasteiger charge is 2.12. The topological polar surface area (TPSA) is 54.0 Å². The lowest BCUT2D eigenvalue weighted by atomic mass is 10.1. The molecule has 6 heteroatoms. The summed E-state index contributed by atoms with van der Waals surface area (Å²) < 4.78 is 0. The van der Waals surface area contributed by atoms with Crippen LogP contribution >= 0.6 is 22.9 Å². The number of amides is 2. The van der Waals surface area contributed by atoms with E-state index in [1.807, 2.05) is 57.2 Å². The molecule has 0 fully saturated rings. The fourth-order valence-electron chi connectivity index (χ4n) is 2.72. The van der Waals surface area contributed by atoms with Crippen molar-refractivity contribution < 1.29 is 4.79 Å². The summed E-state index contributed by atoms with van der Waals surface area (Å²) in [4.78, 5) is 17.8. The highest BCUT2D eigenvalue weighted by atomic mass is 35.5. The van der Waals surface area contributed by atoms with Gasteiger partial charge in [0.25, 0.3) is 0 Å². The Bertz CT molecular complexity index is 932. The molecule has 2 aromatic carbocycles. The first-order valence-electron chi connectivity index (χ1n) is 8.27. The van der Waals surface area contributed by atoms with E-state index in [1.54, 1.807) is 11.3 Å². The standard InChI is InChI=1S/C20H20ClN3OS/c1-12-8-13(2)10-15(9-12)24-20(25)22-11-18-14(3)23-19(26-18)16-6-4-5-7-17(16)21/h4-10H,11H2,1-3H3,(H2,22,24,25). The van der Waals surface area contributed by atoms with Gasteiger partial charge < -0.3 is 10.6 Å². The lowest BCUT2D eigenvalue weighted by Gasteiger charge is -2.08. The number of halogens is 1. The van der Waals surface area contributed by atoms with Crippen LogP contribution in [0, 0.1) is 20.8 Å². The minimum absolute atomic E-state index is 0.234. The molecule has 0 aliphatic carbocycles. The number of urea groups is 1. The largest absolute Gasteiger partial charge is 0.333 e. The summed E-state index contributed by atoms with van der Waals surface area (Å²) in [7, 11) is 0. The number of rotatable bonds is 4. The summed E-state index contributed by atoms with van der Waals surface area (Å²) in [6.07, 6.45) is 0. The van der Waals surface area contributed by atoms with Crippen LogP contribution in [-0.4, -0.2) is 11.0 Å². The van der Waals surface area contributed by atoms with Gasteiger partial charge in [-0.3, -0.25) is 0 Å². The van der Waals surface area contributed by atoms with Crippen molar-refractivity contribution in [3.63, 3.8) is 0 Å². The molecule has 26 heavy (non-hydrogen) atoms. The van der Waals surface area contributed by atoms with Crippen LogP contribution in [0.4, 0.5) is 10.5 Å². The van der Waals surface area contributed by atoms with Crippen molar-refractivity contribution in [1.29, 1.82) is 0 Å². The van der Waals surface area contributed by atoms with Gasteiger partial charge in [-0.2, -0.15) is 0 Å². The van der Waals surface area contributed by atoms with Crippen molar-refractivity contribution in [3.05, 3.63) is 69.2 Å². The Morgan fingerprint density at radius 2 is 1.81 bits per heavy atom. The van der Waals surface area contributed by atoms with Gasteiger partial charge in [0.05, 0.1) is 17.3 Å². The third-order valence-electron chi connectivity index (χ3n) is 3.89. The molecule has 1 heterocycles. The van der Waals surface area contributed by atoms with Crippen LogP contribution in [0.2, 0.25) is 5.02 Å². The third-order valence-corrected chi connectivity index (χ3v) is 5.41. The molecule has 0 aliphatic heterocycles. The van der Waals surface area contributed by atoms with Gasteiger partial charge in [-0.1, -0.05) is 35.9 Å². The first kappa shape index (κ1) is 18.4. The number of aryl methyl sites for hydroxylation is 3. The number of carbonyl (C=O) groups excluding carboxylic acids is 1. The van der Waals surface area contributed by atoms with Crippen LogP contribution in [0.5, 0.6) is 0 Å². The predicted molar refractivity (Wildman–Crippen MR) is 109 cm³/mol. The minimum Gasteiger partial charge on any atom is -0.333 e. The molecule has 0 saturated heterocycles. The lowest BCUT2D eigenvalue weighted by Crippen LogP contribution is -2.28. The van der Waals surface area contributed by atoms with Crippen molar-refractivity contribution in [2.24, 2.45) is 0 Å². The van der Waals surface area contributed by atoms with Crippen molar-refractivity contribution in [1.82, 2.24) is 10.3 Å². The lowest BCUT2D eigenvalue weighted by molar-refractivity contribution is 0.252. The van der Waals surface area contributed by atoms with E-state index in [-0.39, 0.29) is 6.03 Å². The molecular formula is C20H20ClN3OS. The normalized spacial score (nSPS) is 10.6. The fraction of sp³-hybridized carbons (Fsp3) is 0.200. The number of nitrogens with one attached hydrogen (secondary N) is 2. The van der Waals surface area contributed by atoms with Crippen molar-refractivity contribution in [3.8, 4) is 10.6 Å². The second-order valence-electron chi connectivity index (χ2n) is 6.19. The number of hydrogen-bond donors (Lipinski definition) is 2. The van der Waals surface area contributed by atoms with Gasteiger partial charge in [0.1, 0.15) is 5.01 Å². The van der Waals surface area contributed by atoms with Gasteiger partial charge in [0.2, 0.25) is 0 Å². The van der Waals surface area contributed by atoms with Gasteiger partial charge in [0.15, 0.2) is 0 Å². The first-order chi connectivity index (χ1) is 12.4. The second kappa shape index (κ2) is 7.89. The van der Waals surface area contributed by atoms with E-state index >= 15 is 0 Å². The van der Waals surface area contributed by atoms with Gasteiger partial charge in [-0.05, 0) is 50.1 Å². The van der Waals surface area contributed by atoms with E-state index in [4.69, 9.17) is 11.6 Å². The third kappa shape index (κ3) is 4.42. The summed E-state index contributed by atoms with van der Waals surface area (Å²) in [6.45, 7) is 6.38. The number of carbonyl (C=O) groups is 1. The van der Waals surface area contributed by atoms with Gasteiger partial charge in [-0.15, -0.1) is 11.3 Å². The van der Waals surface area contributed by atoms with Crippen LogP contribution in [0.3, 0.4) is 0 Å². The van der Waals surface area contributed by atoms with E-state index in [0.29, 0.717) is 11.6 Å². The van der Waals surface area contributed by atoms with E-state index in [2.05, 4.69) is 21.7 Å². The zero-order valence-electron chi connectivity index (χ0n) is 14.9. The Morgan fingerprint density at radius 1 is 1.12 bits per heavy atom. The average Bonchev–Trinajstić information content (AvgIpc) is 2.93. The second-order valence-corrected chi connectivity index (χ2v) is 7.68. The summed E-state index contributed by atoms with van der Waals surface area (Å²) in [5, 5.41) is 7.30. The Hall–Kier alpha value is -2.37. The number of hydrogen-bond acceptors (Lipinski definition) is 3. The number of thiazole rings is 1. The van der Waals surface area contributed by atoms with Crippen LogP contribution in [0.25, 0.3) is 10.6 Å². The van der Waals surface area contributed by atoms with E-state index < -0.39 is 0 Å². The fourth-order valence-corrected chi connectivity index (χ4v) is 4.05. The molecule has 0 unspecified atom stereocenters. The molecule has 3 rings (SSSR count). The zero-order valence-corrected chi connectivity index (χ0v) is 16.5. The van der Waals surface area contributed by atoms with E-state index in [9.17, 15) is 4.79 Å². The number of anilines is 1. The maximum atomic E-state index is 12.2. The molecule has 0 atom stereocenters. The summed E-state index contributed by atoms with van der Waals surface area (Å²) >= 11 is 7.79. The van der Waals surface area contributed by atoms with Gasteiger partial charge in [-0.25, -0.2) is 9.78 Å². The molecule has 2 amide bonds. The molecule has 0 radical (unpaired) electrons. The van der Waals surface area contributed by atoms with Crippen LogP contribution in [0.15, 0.2) is 42.5 Å². The molecule has 3 aromatic rings. The van der Waals surface area contributed by atoms with Crippen molar-refractivity contribution >= 4 is 34.7 Å². The van der Waals surface area contributed by atoms with E-state index in [0.717, 1.165) is 38.0 Å². The number of aromatic nitrogens is 1. The van der Waals surface area contributed by atoms with E-state index in [1.165, 1.54) is 0 Å². The van der Waals surface area contributed by atoms with Crippen molar-refractivity contribution in [2.75, 3.05) is 5.32 Å². The predicted octanol–water partition coefficient (Wildman–Crippen LogP) is 5.71. The quantitative estimate of drug-likeness (QED) is 0.604. The number of nitrogens with zero attached hydrogens (tertiary/aromatic N) is 1. The molecule has 0 aliphatic rings. The van der Waals surface area contributed by atoms with Crippen LogP contribution < -0.4 is 10.6 Å². The molecule has 2 N–H and O–H groups in total. The molecule has 4 nitrogen and oxygen atoms in total. The summed E-state index contributed by atoms with van der Waals surface area (Å²) in [5.41, 5.74) is 4.83. The highest BCUT2D eigenvalue weighted by molar-refractivity contribution is 7.15. The zero-order chi connectivity index (χ0) is 18.7. The Kier molecular flexibility index (Phi) is 5.59. The average molecular weight is 386 g/mol. The molecule has 0 bridgehead atoms. The first-order valence-corrected chi connectivity index (χ1v) is 9.46. The highest BCUT2D eigenvalue weighted by Crippen LogP contribution is 2.32. The molecule has 0 saturated carbocycles. The van der Waals surface area contributed by atoms with Crippen molar-refractivity contribution in [2.45, 2.75) is 27.3 Å². The van der Waals surface area contributed by atoms with Crippen LogP contribution in [-0.2, 0) is 6.54 Å². The molecule has 1 aromatic heterocycles. The maximum Gasteiger partial charge on any atom is 0.319 e. The summed E-state index contributed by atoms with van der Waals surface area (Å²) in [6, 6.07) is 13.4. The Labute approximate surface area is 162 Å². The molecule has 0 spiro atoms. The monoisotopic (exact) mass is 385 g/mol.